The van der Waals surface area contributed by atoms with Crippen LogP contribution in [-0.4, -0.2) is 36.9 Å². The Morgan fingerprint density at radius 1 is 1.37 bits per heavy atom. The number of anilines is 1. The zero-order valence-electron chi connectivity index (χ0n) is 11.3. The number of carbonyl (C=O) groups is 1. The van der Waals surface area contributed by atoms with Gasteiger partial charge in [0.05, 0.1) is 11.3 Å². The molecule has 0 fully saturated rings. The monoisotopic (exact) mass is 286 g/mol. The number of benzene rings is 1. The fourth-order valence-corrected chi connectivity index (χ4v) is 2.57. The molecule has 0 bridgehead atoms. The third-order valence-electron chi connectivity index (χ3n) is 2.75. The smallest absolute Gasteiger partial charge is 0.337 e. The minimum absolute atomic E-state index is 0.0607. The van der Waals surface area contributed by atoms with Crippen molar-refractivity contribution in [3.8, 4) is 0 Å². The summed E-state index contributed by atoms with van der Waals surface area (Å²) >= 11 is 0. The van der Waals surface area contributed by atoms with Crippen LogP contribution in [-0.2, 0) is 10.2 Å². The SMILES string of the molecule is Cc1ccc(NS(=O)(=O)N(C)C(C)C)c(C(=O)O)c1. The molecule has 19 heavy (non-hydrogen) atoms. The molecule has 0 heterocycles. The average Bonchev–Trinajstić information content (AvgIpc) is 2.29. The Hall–Kier alpha value is -1.60. The van der Waals surface area contributed by atoms with Crippen molar-refractivity contribution < 1.29 is 18.3 Å². The van der Waals surface area contributed by atoms with Crippen LogP contribution in [0.1, 0.15) is 29.8 Å². The summed E-state index contributed by atoms with van der Waals surface area (Å²) in [5, 5.41) is 9.09. The van der Waals surface area contributed by atoms with Gasteiger partial charge < -0.3 is 5.11 Å². The zero-order valence-corrected chi connectivity index (χ0v) is 12.2. The van der Waals surface area contributed by atoms with Gasteiger partial charge in [0.15, 0.2) is 0 Å². The summed E-state index contributed by atoms with van der Waals surface area (Å²) in [5.74, 6) is -1.17. The van der Waals surface area contributed by atoms with E-state index in [4.69, 9.17) is 5.11 Å². The van der Waals surface area contributed by atoms with Crippen LogP contribution in [0, 0.1) is 6.92 Å². The van der Waals surface area contributed by atoms with Crippen LogP contribution in [0.15, 0.2) is 18.2 Å². The van der Waals surface area contributed by atoms with Crippen molar-refractivity contribution in [2.45, 2.75) is 26.8 Å². The van der Waals surface area contributed by atoms with Gasteiger partial charge in [0.2, 0.25) is 0 Å². The molecule has 0 amide bonds. The fraction of sp³-hybridized carbons (Fsp3) is 0.417. The molecule has 0 aliphatic rings. The first kappa shape index (κ1) is 15.5. The quantitative estimate of drug-likeness (QED) is 0.862. The van der Waals surface area contributed by atoms with Gasteiger partial charge >= 0.3 is 16.2 Å². The standard InChI is InChI=1S/C12H18N2O4S/c1-8(2)14(4)19(17,18)13-11-6-5-9(3)7-10(11)12(15)16/h5-8,13H,1-4H3,(H,15,16). The van der Waals surface area contributed by atoms with Gasteiger partial charge in [0.25, 0.3) is 0 Å². The fourth-order valence-electron chi connectivity index (χ4n) is 1.41. The first-order valence-corrected chi connectivity index (χ1v) is 7.19. The number of hydrogen-bond donors (Lipinski definition) is 2. The number of carboxylic acid groups (broad SMARTS) is 1. The lowest BCUT2D eigenvalue weighted by Gasteiger charge is -2.22. The Bertz CT molecular complexity index is 581. The highest BCUT2D eigenvalue weighted by Crippen LogP contribution is 2.20. The minimum Gasteiger partial charge on any atom is -0.478 e. The van der Waals surface area contributed by atoms with E-state index in [1.54, 1.807) is 26.8 Å². The van der Waals surface area contributed by atoms with Gasteiger partial charge in [-0.25, -0.2) is 4.79 Å². The largest absolute Gasteiger partial charge is 0.478 e. The zero-order chi connectivity index (χ0) is 14.8. The average molecular weight is 286 g/mol. The maximum atomic E-state index is 12.0. The second kappa shape index (κ2) is 5.58. The van der Waals surface area contributed by atoms with Crippen molar-refractivity contribution in [3.05, 3.63) is 29.3 Å². The van der Waals surface area contributed by atoms with Crippen LogP contribution in [0.5, 0.6) is 0 Å². The Labute approximate surface area is 113 Å². The summed E-state index contributed by atoms with van der Waals surface area (Å²) in [7, 11) is -2.33. The molecule has 0 saturated heterocycles. The molecule has 7 heteroatoms. The van der Waals surface area contributed by atoms with E-state index in [0.717, 1.165) is 9.87 Å². The van der Waals surface area contributed by atoms with E-state index in [-0.39, 0.29) is 17.3 Å². The van der Waals surface area contributed by atoms with Gasteiger partial charge in [-0.05, 0) is 32.9 Å². The Balaban J connectivity index is 3.16. The molecule has 106 valence electrons. The molecule has 1 rings (SSSR count). The highest BCUT2D eigenvalue weighted by atomic mass is 32.2. The van der Waals surface area contributed by atoms with E-state index in [9.17, 15) is 13.2 Å². The number of carboxylic acids is 1. The third kappa shape index (κ3) is 3.68. The molecule has 0 saturated carbocycles. The maximum absolute atomic E-state index is 12.0. The van der Waals surface area contributed by atoms with Gasteiger partial charge in [-0.15, -0.1) is 0 Å². The predicted octanol–water partition coefficient (Wildman–Crippen LogP) is 1.69. The van der Waals surface area contributed by atoms with Gasteiger partial charge in [-0.3, -0.25) is 4.72 Å². The van der Waals surface area contributed by atoms with Crippen LogP contribution < -0.4 is 4.72 Å². The van der Waals surface area contributed by atoms with Crippen LogP contribution in [0.2, 0.25) is 0 Å². The van der Waals surface area contributed by atoms with E-state index < -0.39 is 16.2 Å². The number of nitrogens with one attached hydrogen (secondary N) is 1. The number of hydrogen-bond acceptors (Lipinski definition) is 3. The van der Waals surface area contributed by atoms with E-state index in [0.29, 0.717) is 0 Å². The number of rotatable bonds is 5. The molecule has 6 nitrogen and oxygen atoms in total. The maximum Gasteiger partial charge on any atom is 0.337 e. The topological polar surface area (TPSA) is 86.7 Å². The number of nitrogens with zero attached hydrogens (tertiary/aromatic N) is 1. The highest BCUT2D eigenvalue weighted by molar-refractivity contribution is 7.90. The van der Waals surface area contributed by atoms with E-state index in [2.05, 4.69) is 4.72 Å². The van der Waals surface area contributed by atoms with Gasteiger partial charge in [-0.1, -0.05) is 11.6 Å². The second-order valence-corrected chi connectivity index (χ2v) is 6.30. The lowest BCUT2D eigenvalue weighted by molar-refractivity contribution is 0.0698. The summed E-state index contributed by atoms with van der Waals surface area (Å²) in [6, 6.07) is 4.30. The van der Waals surface area contributed by atoms with Crippen LogP contribution >= 0.6 is 0 Å². The molecular weight excluding hydrogens is 268 g/mol. The minimum atomic E-state index is -3.76. The molecule has 0 radical (unpaired) electrons. The van der Waals surface area contributed by atoms with Crippen LogP contribution in [0.4, 0.5) is 5.69 Å². The first-order chi connectivity index (χ1) is 8.65. The van der Waals surface area contributed by atoms with E-state index in [1.807, 2.05) is 0 Å². The van der Waals surface area contributed by atoms with Gasteiger partial charge in [0, 0.05) is 13.1 Å². The normalized spacial score (nSPS) is 11.9. The summed E-state index contributed by atoms with van der Waals surface area (Å²) in [6.07, 6.45) is 0. The molecule has 1 aromatic rings. The van der Waals surface area contributed by atoms with Crippen LogP contribution in [0.25, 0.3) is 0 Å². The lowest BCUT2D eigenvalue weighted by atomic mass is 10.1. The molecule has 0 atom stereocenters. The molecule has 2 N–H and O–H groups in total. The van der Waals surface area contributed by atoms with Crippen molar-refractivity contribution in [1.82, 2.24) is 4.31 Å². The van der Waals surface area contributed by atoms with Crippen molar-refractivity contribution in [2.75, 3.05) is 11.8 Å². The predicted molar refractivity (Wildman–Crippen MR) is 73.6 cm³/mol. The van der Waals surface area contributed by atoms with E-state index >= 15 is 0 Å². The molecule has 0 spiro atoms. The first-order valence-electron chi connectivity index (χ1n) is 5.75. The molecular formula is C12H18N2O4S. The molecule has 0 aliphatic heterocycles. The summed E-state index contributed by atoms with van der Waals surface area (Å²) < 4.78 is 27.5. The summed E-state index contributed by atoms with van der Waals surface area (Å²) in [5.41, 5.74) is 0.740. The second-order valence-electron chi connectivity index (χ2n) is 4.57. The Morgan fingerprint density at radius 3 is 2.42 bits per heavy atom. The van der Waals surface area contributed by atoms with Crippen molar-refractivity contribution in [3.63, 3.8) is 0 Å². The van der Waals surface area contributed by atoms with Crippen molar-refractivity contribution in [2.24, 2.45) is 0 Å². The van der Waals surface area contributed by atoms with Gasteiger partial charge in [0.1, 0.15) is 0 Å². The summed E-state index contributed by atoms with van der Waals surface area (Å²) in [6.45, 7) is 5.20. The number of aromatic carboxylic acids is 1. The third-order valence-corrected chi connectivity index (χ3v) is 4.41. The van der Waals surface area contributed by atoms with Crippen molar-refractivity contribution in [1.29, 1.82) is 0 Å². The van der Waals surface area contributed by atoms with Crippen LogP contribution in [0.3, 0.4) is 0 Å². The lowest BCUT2D eigenvalue weighted by Crippen LogP contribution is -2.37. The molecule has 1 aromatic carbocycles. The molecule has 0 unspecified atom stereocenters. The van der Waals surface area contributed by atoms with E-state index in [1.165, 1.54) is 19.2 Å². The van der Waals surface area contributed by atoms with Crippen molar-refractivity contribution >= 4 is 21.9 Å². The molecule has 0 aliphatic carbocycles. The Kier molecular flexibility index (Phi) is 4.54. The Morgan fingerprint density at radius 2 is 1.95 bits per heavy atom. The summed E-state index contributed by atoms with van der Waals surface area (Å²) in [4.78, 5) is 11.1. The highest BCUT2D eigenvalue weighted by Gasteiger charge is 2.22. The van der Waals surface area contributed by atoms with Gasteiger partial charge in [-0.2, -0.15) is 12.7 Å². The molecule has 0 aromatic heterocycles. The number of aryl methyl sites for hydroxylation is 1.